The maximum absolute atomic E-state index is 12.6. The second-order valence-corrected chi connectivity index (χ2v) is 4.04. The van der Waals surface area contributed by atoms with Crippen molar-refractivity contribution in [2.24, 2.45) is 5.92 Å². The first-order chi connectivity index (χ1) is 7.24. The third-order valence-electron chi connectivity index (χ3n) is 3.28. The van der Waals surface area contributed by atoms with Gasteiger partial charge in [-0.25, -0.2) is 8.78 Å². The van der Waals surface area contributed by atoms with Crippen LogP contribution in [0.3, 0.4) is 0 Å². The maximum Gasteiger partial charge on any atom is 0.242 e. The molecule has 0 bridgehead atoms. The lowest BCUT2D eigenvalue weighted by molar-refractivity contribution is 0.0163. The molecule has 0 radical (unpaired) electrons. The lowest BCUT2D eigenvalue weighted by atomic mass is 9.69. The van der Waals surface area contributed by atoms with Gasteiger partial charge in [0.15, 0.2) is 0 Å². The van der Waals surface area contributed by atoms with E-state index in [0.29, 0.717) is 6.42 Å². The van der Waals surface area contributed by atoms with Crippen molar-refractivity contribution in [3.8, 4) is 0 Å². The summed E-state index contributed by atoms with van der Waals surface area (Å²) in [5.74, 6) is -0.578. The molecule has 2 unspecified atom stereocenters. The minimum atomic E-state index is -2.24. The predicted octanol–water partition coefficient (Wildman–Crippen LogP) is 2.94. The Bertz CT molecular complexity index is 338. The lowest BCUT2D eigenvalue weighted by Crippen LogP contribution is -2.30. The smallest absolute Gasteiger partial charge is 0.242 e. The average Bonchev–Trinajstić information content (AvgIpc) is 2.16. The van der Waals surface area contributed by atoms with Crippen LogP contribution in [0.15, 0.2) is 24.3 Å². The molecule has 0 aliphatic heterocycles. The van der Waals surface area contributed by atoms with Gasteiger partial charge in [-0.05, 0) is 29.9 Å². The zero-order valence-electron chi connectivity index (χ0n) is 8.37. The first-order valence-electron chi connectivity index (χ1n) is 5.21. The monoisotopic (exact) mass is 212 g/mol. The highest BCUT2D eigenvalue weighted by Gasteiger charge is 2.39. The van der Waals surface area contributed by atoms with Crippen LogP contribution in [0.5, 0.6) is 0 Å². The standard InChI is InChI=1S/C12H14F2O/c13-12(14)11-6-5-10(11)9-4-2-1-3-8(9)7-15/h1-4,10-12,15H,5-7H2. The third kappa shape index (κ3) is 1.88. The van der Waals surface area contributed by atoms with Crippen LogP contribution in [0.4, 0.5) is 8.78 Å². The number of alkyl halides is 2. The van der Waals surface area contributed by atoms with Gasteiger partial charge in [-0.1, -0.05) is 24.3 Å². The van der Waals surface area contributed by atoms with Crippen LogP contribution in [0.25, 0.3) is 0 Å². The number of aliphatic hydroxyl groups excluding tert-OH is 1. The van der Waals surface area contributed by atoms with Crippen LogP contribution in [-0.2, 0) is 6.61 Å². The van der Waals surface area contributed by atoms with Crippen LogP contribution in [-0.4, -0.2) is 11.5 Å². The maximum atomic E-state index is 12.6. The van der Waals surface area contributed by atoms with Crippen LogP contribution in [0, 0.1) is 5.92 Å². The molecule has 0 spiro atoms. The van der Waals surface area contributed by atoms with E-state index < -0.39 is 12.3 Å². The van der Waals surface area contributed by atoms with E-state index in [4.69, 9.17) is 5.11 Å². The molecule has 1 nitrogen and oxygen atoms in total. The molecule has 1 aromatic rings. The van der Waals surface area contributed by atoms with Crippen molar-refractivity contribution in [3.63, 3.8) is 0 Å². The molecule has 15 heavy (non-hydrogen) atoms. The number of aliphatic hydroxyl groups is 1. The number of rotatable bonds is 3. The van der Waals surface area contributed by atoms with Gasteiger partial charge in [0.25, 0.3) is 0 Å². The summed E-state index contributed by atoms with van der Waals surface area (Å²) >= 11 is 0. The fourth-order valence-electron chi connectivity index (χ4n) is 2.25. The number of hydrogen-bond donors (Lipinski definition) is 1. The summed E-state index contributed by atoms with van der Waals surface area (Å²) in [6.45, 7) is -0.0668. The Kier molecular flexibility index (Phi) is 3.00. The second-order valence-electron chi connectivity index (χ2n) is 4.04. The highest BCUT2D eigenvalue weighted by atomic mass is 19.3. The van der Waals surface area contributed by atoms with Crippen LogP contribution >= 0.6 is 0 Å². The van der Waals surface area contributed by atoms with E-state index >= 15 is 0 Å². The summed E-state index contributed by atoms with van der Waals surface area (Å²) in [5.41, 5.74) is 1.68. The molecule has 1 aromatic carbocycles. The van der Waals surface area contributed by atoms with Crippen molar-refractivity contribution in [3.05, 3.63) is 35.4 Å². The van der Waals surface area contributed by atoms with Gasteiger partial charge in [0.2, 0.25) is 6.43 Å². The molecule has 1 fully saturated rings. The SMILES string of the molecule is OCc1ccccc1C1CCC1C(F)F. The third-order valence-corrected chi connectivity index (χ3v) is 3.28. The first kappa shape index (κ1) is 10.6. The molecule has 1 aliphatic carbocycles. The first-order valence-corrected chi connectivity index (χ1v) is 5.21. The van der Waals surface area contributed by atoms with E-state index in [-0.39, 0.29) is 12.5 Å². The fraction of sp³-hybridized carbons (Fsp3) is 0.500. The van der Waals surface area contributed by atoms with Gasteiger partial charge in [-0.3, -0.25) is 0 Å². The highest BCUT2D eigenvalue weighted by molar-refractivity contribution is 5.32. The molecule has 1 aliphatic rings. The molecular weight excluding hydrogens is 198 g/mol. The zero-order chi connectivity index (χ0) is 10.8. The van der Waals surface area contributed by atoms with Crippen molar-refractivity contribution in [2.45, 2.75) is 31.8 Å². The Labute approximate surface area is 87.7 Å². The number of hydrogen-bond acceptors (Lipinski definition) is 1. The molecule has 2 rings (SSSR count). The predicted molar refractivity (Wildman–Crippen MR) is 53.8 cm³/mol. The largest absolute Gasteiger partial charge is 0.392 e. The average molecular weight is 212 g/mol. The second kappa shape index (κ2) is 4.27. The van der Waals surface area contributed by atoms with Crippen molar-refractivity contribution in [1.29, 1.82) is 0 Å². The van der Waals surface area contributed by atoms with Crippen LogP contribution in [0.2, 0.25) is 0 Å². The summed E-state index contributed by atoms with van der Waals surface area (Å²) in [6.07, 6.45) is -0.829. The normalized spacial score (nSPS) is 25.3. The van der Waals surface area contributed by atoms with Gasteiger partial charge in [0, 0.05) is 5.92 Å². The van der Waals surface area contributed by atoms with Crippen LogP contribution < -0.4 is 0 Å². The van der Waals surface area contributed by atoms with Crippen LogP contribution in [0.1, 0.15) is 29.9 Å². The molecular formula is C12H14F2O. The van der Waals surface area contributed by atoms with E-state index in [1.165, 1.54) is 0 Å². The van der Waals surface area contributed by atoms with Crippen molar-refractivity contribution in [2.75, 3.05) is 0 Å². The minimum Gasteiger partial charge on any atom is -0.392 e. The van der Waals surface area contributed by atoms with Gasteiger partial charge >= 0.3 is 0 Å². The molecule has 2 atom stereocenters. The van der Waals surface area contributed by atoms with E-state index in [1.807, 2.05) is 18.2 Å². The topological polar surface area (TPSA) is 20.2 Å². The fourth-order valence-corrected chi connectivity index (χ4v) is 2.25. The molecule has 1 N–H and O–H groups in total. The molecule has 82 valence electrons. The minimum absolute atomic E-state index is 0.0617. The Balaban J connectivity index is 2.22. The van der Waals surface area contributed by atoms with Gasteiger partial charge < -0.3 is 5.11 Å². The van der Waals surface area contributed by atoms with E-state index in [2.05, 4.69) is 0 Å². The number of halogens is 2. The Morgan fingerprint density at radius 2 is 2.00 bits per heavy atom. The van der Waals surface area contributed by atoms with Gasteiger partial charge in [0.1, 0.15) is 0 Å². The molecule has 0 heterocycles. The van der Waals surface area contributed by atoms with Gasteiger partial charge in [-0.2, -0.15) is 0 Å². The summed E-state index contributed by atoms with van der Waals surface area (Å²) in [6, 6.07) is 7.32. The molecule has 0 amide bonds. The van der Waals surface area contributed by atoms with Gasteiger partial charge in [0.05, 0.1) is 6.61 Å². The lowest BCUT2D eigenvalue weighted by Gasteiger charge is -2.37. The van der Waals surface area contributed by atoms with E-state index in [0.717, 1.165) is 17.5 Å². The van der Waals surface area contributed by atoms with Crippen molar-refractivity contribution in [1.82, 2.24) is 0 Å². The molecule has 0 aromatic heterocycles. The Morgan fingerprint density at radius 3 is 2.53 bits per heavy atom. The summed E-state index contributed by atoms with van der Waals surface area (Å²) < 4.78 is 25.2. The quantitative estimate of drug-likeness (QED) is 0.816. The summed E-state index contributed by atoms with van der Waals surface area (Å²) in [4.78, 5) is 0. The highest BCUT2D eigenvalue weighted by Crippen LogP contribution is 2.46. The molecule has 3 heteroatoms. The number of benzene rings is 1. The van der Waals surface area contributed by atoms with Gasteiger partial charge in [-0.15, -0.1) is 0 Å². The van der Waals surface area contributed by atoms with E-state index in [9.17, 15) is 8.78 Å². The zero-order valence-corrected chi connectivity index (χ0v) is 8.37. The Hall–Kier alpha value is -0.960. The molecule has 0 saturated heterocycles. The van der Waals surface area contributed by atoms with Crippen molar-refractivity contribution >= 4 is 0 Å². The summed E-state index contributed by atoms with van der Waals surface area (Å²) in [5, 5.41) is 9.12. The summed E-state index contributed by atoms with van der Waals surface area (Å²) in [7, 11) is 0. The molecule has 1 saturated carbocycles. The van der Waals surface area contributed by atoms with E-state index in [1.54, 1.807) is 6.07 Å². The van der Waals surface area contributed by atoms with Crippen molar-refractivity contribution < 1.29 is 13.9 Å². The Morgan fingerprint density at radius 1 is 1.27 bits per heavy atom.